The van der Waals surface area contributed by atoms with Crippen LogP contribution in [0.2, 0.25) is 0 Å². The Morgan fingerprint density at radius 1 is 1.14 bits per heavy atom. The van der Waals surface area contributed by atoms with Crippen molar-refractivity contribution in [3.8, 4) is 0 Å². The molecule has 0 N–H and O–H groups in total. The lowest BCUT2D eigenvalue weighted by atomic mass is 9.91. The summed E-state index contributed by atoms with van der Waals surface area (Å²) in [4.78, 5) is 19.9. The molecular formula is C27H33BrF2N2O4S. The molecule has 0 aliphatic carbocycles. The summed E-state index contributed by atoms with van der Waals surface area (Å²) in [6.45, 7) is 9.46. The molecule has 0 saturated heterocycles. The molecule has 3 rings (SSSR count). The molecule has 1 heterocycles. The van der Waals surface area contributed by atoms with Crippen LogP contribution in [0.25, 0.3) is 0 Å². The van der Waals surface area contributed by atoms with E-state index in [4.69, 9.17) is 19.2 Å². The molecule has 2 atom stereocenters. The number of amidine groups is 1. The monoisotopic (exact) mass is 598 g/mol. The number of hydrogen-bond donors (Lipinski definition) is 0. The number of hydrogen-bond acceptors (Lipinski definition) is 6. The van der Waals surface area contributed by atoms with Crippen LogP contribution in [0, 0.1) is 11.6 Å². The van der Waals surface area contributed by atoms with Gasteiger partial charge in [-0.2, -0.15) is 0 Å². The molecule has 202 valence electrons. The van der Waals surface area contributed by atoms with Gasteiger partial charge in [0.05, 0.1) is 23.5 Å². The lowest BCUT2D eigenvalue weighted by Crippen LogP contribution is -2.53. The lowest BCUT2D eigenvalue weighted by molar-refractivity contribution is -0.00314. The van der Waals surface area contributed by atoms with Gasteiger partial charge in [0.25, 0.3) is 0 Å². The van der Waals surface area contributed by atoms with Gasteiger partial charge in [0, 0.05) is 22.9 Å². The first-order valence-electron chi connectivity index (χ1n) is 11.8. The standard InChI is InChI=1S/C27H33BrF2N2O4S/c1-25(2,3)36-24(33)32(17-35-14-13-34-6)23-27(5,18-7-10-20(29)11-8-18)37-16-26(4,31-23)21-15-19(28)9-12-22(21)30/h7-12,15H,13-14,16-17H2,1-6H3/t26-,27+/m0/s1. The van der Waals surface area contributed by atoms with Crippen LogP contribution in [-0.2, 0) is 24.5 Å². The molecule has 0 unspecified atom stereocenters. The Hall–Kier alpha value is -2.01. The third-order valence-corrected chi connectivity index (χ3v) is 8.04. The normalized spacial score (nSPS) is 21.9. The van der Waals surface area contributed by atoms with E-state index in [0.717, 1.165) is 5.56 Å². The molecule has 0 fully saturated rings. The molecule has 1 aliphatic heterocycles. The lowest BCUT2D eigenvalue weighted by Gasteiger charge is -2.44. The summed E-state index contributed by atoms with van der Waals surface area (Å²) < 4.78 is 45.3. The fourth-order valence-corrected chi connectivity index (χ4v) is 5.62. The maximum atomic E-state index is 15.1. The quantitative estimate of drug-likeness (QED) is 0.257. The Labute approximate surface area is 229 Å². The summed E-state index contributed by atoms with van der Waals surface area (Å²) in [6.07, 6.45) is -0.656. The van der Waals surface area contributed by atoms with Gasteiger partial charge < -0.3 is 14.2 Å². The minimum Gasteiger partial charge on any atom is -0.443 e. The van der Waals surface area contributed by atoms with E-state index in [1.54, 1.807) is 52.1 Å². The van der Waals surface area contributed by atoms with E-state index in [9.17, 15) is 9.18 Å². The Morgan fingerprint density at radius 3 is 2.43 bits per heavy atom. The van der Waals surface area contributed by atoms with Gasteiger partial charge in [0.2, 0.25) is 0 Å². The van der Waals surface area contributed by atoms with Gasteiger partial charge in [0.15, 0.2) is 0 Å². The number of benzene rings is 2. The largest absolute Gasteiger partial charge is 0.443 e. The highest BCUT2D eigenvalue weighted by Gasteiger charge is 2.48. The van der Waals surface area contributed by atoms with Gasteiger partial charge in [0.1, 0.15) is 29.8 Å². The molecule has 0 spiro atoms. The fourth-order valence-electron chi connectivity index (χ4n) is 3.88. The second-order valence-corrected chi connectivity index (χ2v) is 12.4. The van der Waals surface area contributed by atoms with Crippen LogP contribution >= 0.6 is 27.7 Å². The smallest absolute Gasteiger partial charge is 0.417 e. The van der Waals surface area contributed by atoms with Gasteiger partial charge >= 0.3 is 6.09 Å². The first-order valence-corrected chi connectivity index (χ1v) is 13.6. The molecule has 10 heteroatoms. The average molecular weight is 600 g/mol. The highest BCUT2D eigenvalue weighted by Crippen LogP contribution is 2.49. The van der Waals surface area contributed by atoms with Crippen LogP contribution in [0.4, 0.5) is 13.6 Å². The SMILES string of the molecule is COCCOCN(C(=O)OC(C)(C)C)C1=N[C@](C)(c2cc(Br)ccc2F)CS[C@]1(C)c1ccc(F)cc1. The number of rotatable bonds is 7. The summed E-state index contributed by atoms with van der Waals surface area (Å²) in [6, 6.07) is 10.8. The molecule has 6 nitrogen and oxygen atoms in total. The van der Waals surface area contributed by atoms with Crippen molar-refractivity contribution < 1.29 is 27.8 Å². The van der Waals surface area contributed by atoms with Gasteiger partial charge in [-0.15, -0.1) is 11.8 Å². The van der Waals surface area contributed by atoms with Crippen LogP contribution in [0.5, 0.6) is 0 Å². The second kappa shape index (κ2) is 11.8. The maximum Gasteiger partial charge on any atom is 0.417 e. The summed E-state index contributed by atoms with van der Waals surface area (Å²) in [5.41, 5.74) is -0.673. The fraction of sp³-hybridized carbons (Fsp3) is 0.481. The molecule has 2 aromatic carbocycles. The van der Waals surface area contributed by atoms with E-state index in [1.807, 2.05) is 13.8 Å². The maximum absolute atomic E-state index is 15.1. The minimum atomic E-state index is -1.01. The second-order valence-electron chi connectivity index (χ2n) is 10.1. The third kappa shape index (κ3) is 7.10. The van der Waals surface area contributed by atoms with Crippen LogP contribution in [0.1, 0.15) is 45.7 Å². The molecule has 0 bridgehead atoms. The van der Waals surface area contributed by atoms with Crippen molar-refractivity contribution in [1.29, 1.82) is 0 Å². The average Bonchev–Trinajstić information content (AvgIpc) is 2.82. The van der Waals surface area contributed by atoms with Crippen LogP contribution < -0.4 is 0 Å². The van der Waals surface area contributed by atoms with E-state index < -0.39 is 27.8 Å². The number of thioether (sulfide) groups is 1. The van der Waals surface area contributed by atoms with Crippen molar-refractivity contribution in [2.24, 2.45) is 4.99 Å². The van der Waals surface area contributed by atoms with Gasteiger partial charge in [-0.1, -0.05) is 28.1 Å². The zero-order chi connectivity index (χ0) is 27.4. The summed E-state index contributed by atoms with van der Waals surface area (Å²) in [7, 11) is 1.56. The highest BCUT2D eigenvalue weighted by molar-refractivity contribution is 9.10. The Kier molecular flexibility index (Phi) is 9.42. The van der Waals surface area contributed by atoms with E-state index in [2.05, 4.69) is 15.9 Å². The number of ether oxygens (including phenoxy) is 3. The Balaban J connectivity index is 2.19. The summed E-state index contributed by atoms with van der Waals surface area (Å²) >= 11 is 4.92. The molecular weight excluding hydrogens is 566 g/mol. The predicted octanol–water partition coefficient (Wildman–Crippen LogP) is 6.86. The van der Waals surface area contributed by atoms with E-state index >= 15 is 4.39 Å². The molecule has 1 aliphatic rings. The van der Waals surface area contributed by atoms with Gasteiger partial charge in [-0.25, -0.2) is 18.5 Å². The predicted molar refractivity (Wildman–Crippen MR) is 146 cm³/mol. The van der Waals surface area contributed by atoms with Gasteiger partial charge in [-0.3, -0.25) is 4.99 Å². The van der Waals surface area contributed by atoms with Gasteiger partial charge in [-0.05, 0) is 70.5 Å². The highest BCUT2D eigenvalue weighted by atomic mass is 79.9. The van der Waals surface area contributed by atoms with Crippen molar-refractivity contribution in [1.82, 2.24) is 4.90 Å². The van der Waals surface area contributed by atoms with Crippen molar-refractivity contribution >= 4 is 39.6 Å². The number of aliphatic imine (C=N–C) groups is 1. The summed E-state index contributed by atoms with van der Waals surface area (Å²) in [5, 5.41) is 0. The number of halogens is 3. The molecule has 37 heavy (non-hydrogen) atoms. The molecule has 2 aromatic rings. The third-order valence-electron chi connectivity index (χ3n) is 5.85. The topological polar surface area (TPSA) is 60.4 Å². The molecule has 0 saturated carbocycles. The van der Waals surface area contributed by atoms with Crippen molar-refractivity contribution in [2.75, 3.05) is 32.8 Å². The molecule has 0 aromatic heterocycles. The first kappa shape index (κ1) is 29.5. The molecule has 0 radical (unpaired) electrons. The number of carbonyl (C=O) groups is 1. The number of nitrogens with zero attached hydrogens (tertiary/aromatic N) is 2. The van der Waals surface area contributed by atoms with Crippen LogP contribution in [0.3, 0.4) is 0 Å². The zero-order valence-electron chi connectivity index (χ0n) is 21.9. The number of methoxy groups -OCH3 is 1. The molecule has 1 amide bonds. The van der Waals surface area contributed by atoms with Crippen molar-refractivity contribution in [3.05, 3.63) is 69.7 Å². The minimum absolute atomic E-state index is 0.161. The summed E-state index contributed by atoms with van der Waals surface area (Å²) in [5.74, 6) is -0.0480. The zero-order valence-corrected chi connectivity index (χ0v) is 24.3. The van der Waals surface area contributed by atoms with Crippen molar-refractivity contribution in [2.45, 2.75) is 50.5 Å². The van der Waals surface area contributed by atoms with Crippen LogP contribution in [0.15, 0.2) is 51.9 Å². The Bertz CT molecular complexity index is 1140. The Morgan fingerprint density at radius 2 is 1.81 bits per heavy atom. The number of carbonyl (C=O) groups excluding carboxylic acids is 1. The van der Waals surface area contributed by atoms with Crippen LogP contribution in [-0.4, -0.2) is 55.2 Å². The first-order chi connectivity index (χ1) is 17.3. The van der Waals surface area contributed by atoms with E-state index in [-0.39, 0.29) is 19.2 Å². The van der Waals surface area contributed by atoms with Crippen molar-refractivity contribution in [3.63, 3.8) is 0 Å². The van der Waals surface area contributed by atoms with E-state index in [0.29, 0.717) is 28.2 Å². The number of amides is 1. The van der Waals surface area contributed by atoms with E-state index in [1.165, 1.54) is 34.9 Å².